The summed E-state index contributed by atoms with van der Waals surface area (Å²) in [5, 5.41) is 7.92. The van der Waals surface area contributed by atoms with Gasteiger partial charge in [-0.05, 0) is 36.4 Å². The molecule has 0 fully saturated rings. The number of benzene rings is 2. The number of hydrogen-bond donors (Lipinski definition) is 0. The molecule has 2 heterocycles. The zero-order valence-corrected chi connectivity index (χ0v) is 16.5. The van der Waals surface area contributed by atoms with Crippen LogP contribution in [-0.2, 0) is 16.6 Å². The number of amides is 1. The number of fused-ring (bicyclic) bond motifs is 1. The van der Waals surface area contributed by atoms with E-state index in [1.807, 2.05) is 0 Å². The van der Waals surface area contributed by atoms with Crippen LogP contribution in [-0.4, -0.2) is 41.1 Å². The van der Waals surface area contributed by atoms with Gasteiger partial charge in [-0.1, -0.05) is 23.9 Å². The summed E-state index contributed by atoms with van der Waals surface area (Å²) in [5.74, 6) is 0.0140. The Kier molecular flexibility index (Phi) is 5.24. The number of nitrogens with zero attached hydrogens (tertiary/aromatic N) is 3. The Morgan fingerprint density at radius 3 is 2.62 bits per heavy atom. The maximum atomic E-state index is 12.9. The lowest BCUT2D eigenvalue weighted by Gasteiger charge is -2.13. The van der Waals surface area contributed by atoms with E-state index in [9.17, 15) is 17.6 Å². The predicted molar refractivity (Wildman–Crippen MR) is 100 cm³/mol. The molecular weight excluding hydrogens is 421 g/mol. The van der Waals surface area contributed by atoms with Crippen LogP contribution in [0.2, 0.25) is 0 Å². The highest BCUT2D eigenvalue weighted by molar-refractivity contribution is 7.99. The highest BCUT2D eigenvalue weighted by atomic mass is 32.2. The van der Waals surface area contributed by atoms with Crippen LogP contribution in [0.5, 0.6) is 5.75 Å². The van der Waals surface area contributed by atoms with Crippen LogP contribution in [0, 0.1) is 5.82 Å². The van der Waals surface area contributed by atoms with Crippen molar-refractivity contribution in [2.24, 2.45) is 0 Å². The van der Waals surface area contributed by atoms with Crippen molar-refractivity contribution in [3.05, 3.63) is 65.8 Å². The van der Waals surface area contributed by atoms with Crippen molar-refractivity contribution in [1.82, 2.24) is 14.5 Å². The largest absolute Gasteiger partial charge is 0.484 e. The molecule has 0 spiro atoms. The molecule has 1 amide bonds. The van der Waals surface area contributed by atoms with E-state index in [4.69, 9.17) is 9.15 Å². The quantitative estimate of drug-likeness (QED) is 0.522. The van der Waals surface area contributed by atoms with E-state index in [0.29, 0.717) is 5.75 Å². The first-order valence-corrected chi connectivity index (χ1v) is 10.9. The van der Waals surface area contributed by atoms with Gasteiger partial charge in [0.05, 0.1) is 5.56 Å². The maximum Gasteiger partial charge on any atom is 0.276 e. The summed E-state index contributed by atoms with van der Waals surface area (Å²) in [7, 11) is -3.83. The van der Waals surface area contributed by atoms with Crippen molar-refractivity contribution in [1.29, 1.82) is 0 Å². The second kappa shape index (κ2) is 7.84. The van der Waals surface area contributed by atoms with Gasteiger partial charge in [0.15, 0.2) is 6.61 Å². The van der Waals surface area contributed by atoms with Crippen LogP contribution < -0.4 is 4.74 Å². The minimum atomic E-state index is -3.83. The van der Waals surface area contributed by atoms with Gasteiger partial charge in [0.2, 0.25) is 0 Å². The van der Waals surface area contributed by atoms with Crippen molar-refractivity contribution in [3.8, 4) is 5.75 Å². The van der Waals surface area contributed by atoms with E-state index in [2.05, 4.69) is 10.2 Å². The molecule has 29 heavy (non-hydrogen) atoms. The number of carbonyl (C=O) groups is 1. The lowest BCUT2D eigenvalue weighted by molar-refractivity contribution is 0.0876. The van der Waals surface area contributed by atoms with Gasteiger partial charge < -0.3 is 9.15 Å². The summed E-state index contributed by atoms with van der Waals surface area (Å²) in [4.78, 5) is 12.4. The first-order chi connectivity index (χ1) is 13.9. The fraction of sp³-hybridized carbons (Fsp3) is 0.167. The second-order valence-corrected chi connectivity index (χ2v) is 8.81. The highest BCUT2D eigenvalue weighted by Gasteiger charge is 2.40. The zero-order valence-electron chi connectivity index (χ0n) is 14.8. The van der Waals surface area contributed by atoms with Gasteiger partial charge in [-0.3, -0.25) is 4.79 Å². The van der Waals surface area contributed by atoms with Gasteiger partial charge in [0.1, 0.15) is 16.5 Å². The van der Waals surface area contributed by atoms with Crippen molar-refractivity contribution in [2.45, 2.75) is 16.7 Å². The van der Waals surface area contributed by atoms with E-state index < -0.39 is 15.9 Å². The van der Waals surface area contributed by atoms with Gasteiger partial charge in [-0.25, -0.2) is 17.1 Å². The number of rotatable bonds is 7. The lowest BCUT2D eigenvalue weighted by atomic mass is 10.2. The predicted octanol–water partition coefficient (Wildman–Crippen LogP) is 2.72. The molecule has 0 radical (unpaired) electrons. The van der Waals surface area contributed by atoms with E-state index in [0.717, 1.165) is 16.1 Å². The fourth-order valence-electron chi connectivity index (χ4n) is 2.70. The molecule has 1 aromatic heterocycles. The number of ether oxygens (including phenoxy) is 1. The number of carbonyl (C=O) groups excluding carboxylic acids is 1. The molecule has 0 saturated heterocycles. The van der Waals surface area contributed by atoms with Crippen molar-refractivity contribution >= 4 is 27.7 Å². The van der Waals surface area contributed by atoms with Crippen molar-refractivity contribution in [3.63, 3.8) is 0 Å². The molecule has 2 aromatic carbocycles. The third-order valence-electron chi connectivity index (χ3n) is 4.06. The Labute approximate surface area is 169 Å². The summed E-state index contributed by atoms with van der Waals surface area (Å²) in [6.45, 7) is -0.0161. The Hall–Kier alpha value is -2.92. The Bertz CT molecular complexity index is 1150. The topological polar surface area (TPSA) is 103 Å². The first-order valence-electron chi connectivity index (χ1n) is 8.45. The molecule has 3 aromatic rings. The van der Waals surface area contributed by atoms with Gasteiger partial charge in [0.25, 0.3) is 27.0 Å². The van der Waals surface area contributed by atoms with Crippen LogP contribution in [0.1, 0.15) is 16.2 Å². The number of aromatic nitrogens is 2. The van der Waals surface area contributed by atoms with Gasteiger partial charge in [0, 0.05) is 12.3 Å². The third kappa shape index (κ3) is 3.96. The SMILES string of the molecule is O=C1c2ccccc2S(=O)(=O)N1CCSc1nnc(COc2ccc(F)cc2)o1. The summed E-state index contributed by atoms with van der Waals surface area (Å²) in [6, 6.07) is 11.6. The summed E-state index contributed by atoms with van der Waals surface area (Å²) in [6.07, 6.45) is 0. The molecule has 0 unspecified atom stereocenters. The van der Waals surface area contributed by atoms with Crippen LogP contribution >= 0.6 is 11.8 Å². The van der Waals surface area contributed by atoms with Crippen LogP contribution in [0.3, 0.4) is 0 Å². The monoisotopic (exact) mass is 435 g/mol. The van der Waals surface area contributed by atoms with Crippen LogP contribution in [0.25, 0.3) is 0 Å². The molecule has 0 atom stereocenters. The molecular formula is C18H14FN3O5S2. The first kappa shape index (κ1) is 19.4. The minimum Gasteiger partial charge on any atom is -0.484 e. The normalized spacial score (nSPS) is 14.8. The Morgan fingerprint density at radius 1 is 1.10 bits per heavy atom. The van der Waals surface area contributed by atoms with Crippen molar-refractivity contribution < 1.29 is 26.8 Å². The molecule has 0 saturated carbocycles. The van der Waals surface area contributed by atoms with E-state index in [1.54, 1.807) is 12.1 Å². The molecule has 8 nitrogen and oxygen atoms in total. The Balaban J connectivity index is 1.32. The van der Waals surface area contributed by atoms with E-state index in [-0.39, 0.29) is 46.3 Å². The van der Waals surface area contributed by atoms with E-state index in [1.165, 1.54) is 36.4 Å². The molecule has 4 rings (SSSR count). The number of hydrogen-bond acceptors (Lipinski definition) is 8. The minimum absolute atomic E-state index is 0.00743. The number of halogens is 1. The molecule has 0 aliphatic carbocycles. The number of thioether (sulfide) groups is 1. The molecule has 1 aliphatic rings. The molecule has 0 bridgehead atoms. The lowest BCUT2D eigenvalue weighted by Crippen LogP contribution is -2.32. The Morgan fingerprint density at radius 2 is 1.86 bits per heavy atom. The van der Waals surface area contributed by atoms with Gasteiger partial charge in [-0.2, -0.15) is 0 Å². The summed E-state index contributed by atoms with van der Waals surface area (Å²) in [5.41, 5.74) is 0.176. The third-order valence-corrected chi connectivity index (χ3v) is 6.70. The highest BCUT2D eigenvalue weighted by Crippen LogP contribution is 2.30. The smallest absolute Gasteiger partial charge is 0.276 e. The standard InChI is InChI=1S/C18H14FN3O5S2/c19-12-5-7-13(8-6-12)26-11-16-20-21-18(27-16)28-10-9-22-17(23)14-3-1-2-4-15(14)29(22,24)25/h1-8H,9-11H2. The van der Waals surface area contributed by atoms with Crippen LogP contribution in [0.15, 0.2) is 63.1 Å². The maximum absolute atomic E-state index is 12.9. The second-order valence-electron chi connectivity index (χ2n) is 5.93. The fourth-order valence-corrected chi connectivity index (χ4v) is 5.09. The molecule has 150 valence electrons. The summed E-state index contributed by atoms with van der Waals surface area (Å²) >= 11 is 1.13. The van der Waals surface area contributed by atoms with Crippen molar-refractivity contribution in [2.75, 3.05) is 12.3 Å². The molecule has 11 heteroatoms. The molecule has 0 N–H and O–H groups in total. The van der Waals surface area contributed by atoms with E-state index >= 15 is 0 Å². The average molecular weight is 435 g/mol. The van der Waals surface area contributed by atoms with Gasteiger partial charge in [-0.15, -0.1) is 10.2 Å². The van der Waals surface area contributed by atoms with Gasteiger partial charge >= 0.3 is 0 Å². The summed E-state index contributed by atoms with van der Waals surface area (Å²) < 4.78 is 49.5. The average Bonchev–Trinajstić information content (AvgIpc) is 3.24. The zero-order chi connectivity index (χ0) is 20.4. The molecule has 1 aliphatic heterocycles. The number of sulfonamides is 1. The van der Waals surface area contributed by atoms with Crippen LogP contribution in [0.4, 0.5) is 4.39 Å².